The molecule has 0 saturated heterocycles. The Morgan fingerprint density at radius 2 is 1.75 bits per heavy atom. The van der Waals surface area contributed by atoms with Gasteiger partial charge in [-0.15, -0.1) is 24.0 Å². The van der Waals surface area contributed by atoms with Crippen LogP contribution in [-0.2, 0) is 17.9 Å². The molecule has 0 aliphatic rings. The van der Waals surface area contributed by atoms with Gasteiger partial charge >= 0.3 is 0 Å². The molecule has 2 N–H and O–H groups in total. The second kappa shape index (κ2) is 12.8. The molecule has 1 aromatic carbocycles. The van der Waals surface area contributed by atoms with Crippen molar-refractivity contribution >= 4 is 41.7 Å². The van der Waals surface area contributed by atoms with Gasteiger partial charge in [-0.3, -0.25) is 0 Å². The van der Waals surface area contributed by atoms with Gasteiger partial charge < -0.3 is 15.4 Å². The highest BCUT2D eigenvalue weighted by Gasteiger charge is 2.15. The van der Waals surface area contributed by atoms with E-state index in [0.29, 0.717) is 13.2 Å². The molecule has 0 atom stereocenters. The van der Waals surface area contributed by atoms with Crippen molar-refractivity contribution in [1.29, 1.82) is 0 Å². The summed E-state index contributed by atoms with van der Waals surface area (Å²) in [7, 11) is 0. The van der Waals surface area contributed by atoms with Crippen LogP contribution < -0.4 is 10.6 Å². The molecule has 0 spiro atoms. The maximum Gasteiger partial charge on any atom is 0.191 e. The molecular weight excluding hydrogens is 433 g/mol. The average Bonchev–Trinajstić information content (AvgIpc) is 2.56. The number of hydrogen-bond donors (Lipinski definition) is 2. The summed E-state index contributed by atoms with van der Waals surface area (Å²) in [6, 6.07) is 8.45. The van der Waals surface area contributed by atoms with E-state index in [2.05, 4.69) is 66.9 Å². The quantitative estimate of drug-likeness (QED) is 0.328. The van der Waals surface area contributed by atoms with Gasteiger partial charge in [0, 0.05) is 24.4 Å². The van der Waals surface area contributed by atoms with Crippen LogP contribution in [0.1, 0.15) is 38.8 Å². The minimum Gasteiger partial charge on any atom is -0.377 e. The molecule has 0 fully saturated rings. The standard InChI is InChI=1S/C18H31N3OS.HI/c1-6-19-17(21-14-18(3,4)23-5)20-12-15-8-10-16(11-9-15)13-22-7-2;/h8-11H,6-7,12-14H2,1-5H3,(H2,19,20,21);1H. The zero-order valence-corrected chi connectivity index (χ0v) is 18.7. The van der Waals surface area contributed by atoms with Gasteiger partial charge in [0.1, 0.15) is 0 Å². The van der Waals surface area contributed by atoms with E-state index in [-0.39, 0.29) is 28.7 Å². The summed E-state index contributed by atoms with van der Waals surface area (Å²) in [6.45, 7) is 12.4. The Morgan fingerprint density at radius 3 is 2.29 bits per heavy atom. The van der Waals surface area contributed by atoms with Crippen molar-refractivity contribution in [2.24, 2.45) is 4.99 Å². The van der Waals surface area contributed by atoms with Crippen LogP contribution >= 0.6 is 35.7 Å². The molecule has 0 heterocycles. The lowest BCUT2D eigenvalue weighted by molar-refractivity contribution is 0.134. The highest BCUT2D eigenvalue weighted by atomic mass is 127. The SMILES string of the molecule is CCNC(=NCc1ccc(COCC)cc1)NCC(C)(C)SC.I. The summed E-state index contributed by atoms with van der Waals surface area (Å²) in [4.78, 5) is 4.67. The van der Waals surface area contributed by atoms with Crippen LogP contribution in [0.5, 0.6) is 0 Å². The summed E-state index contributed by atoms with van der Waals surface area (Å²) < 4.78 is 5.61. The molecule has 0 aliphatic carbocycles. The van der Waals surface area contributed by atoms with E-state index < -0.39 is 0 Å². The maximum absolute atomic E-state index is 5.41. The van der Waals surface area contributed by atoms with Crippen LogP contribution in [0.4, 0.5) is 0 Å². The topological polar surface area (TPSA) is 45.7 Å². The molecule has 4 nitrogen and oxygen atoms in total. The van der Waals surface area contributed by atoms with Crippen LogP contribution in [0.15, 0.2) is 29.3 Å². The lowest BCUT2D eigenvalue weighted by atomic mass is 10.1. The molecule has 0 saturated carbocycles. The number of benzene rings is 1. The van der Waals surface area contributed by atoms with Gasteiger partial charge in [-0.05, 0) is 45.1 Å². The Kier molecular flexibility index (Phi) is 12.6. The van der Waals surface area contributed by atoms with Crippen LogP contribution in [0.25, 0.3) is 0 Å². The fourth-order valence-corrected chi connectivity index (χ4v) is 2.06. The third-order valence-corrected chi connectivity index (χ3v) is 4.74. The Bertz CT molecular complexity index is 478. The van der Waals surface area contributed by atoms with Crippen LogP contribution in [0.3, 0.4) is 0 Å². The second-order valence-corrected chi connectivity index (χ2v) is 7.48. The highest BCUT2D eigenvalue weighted by Crippen LogP contribution is 2.19. The molecule has 6 heteroatoms. The lowest BCUT2D eigenvalue weighted by Gasteiger charge is -2.23. The third kappa shape index (κ3) is 9.74. The zero-order valence-electron chi connectivity index (χ0n) is 15.5. The number of thioether (sulfide) groups is 1. The maximum atomic E-state index is 5.41. The fourth-order valence-electron chi connectivity index (χ4n) is 1.84. The van der Waals surface area contributed by atoms with E-state index in [9.17, 15) is 0 Å². The Hall–Kier alpha value is -0.470. The number of nitrogens with zero attached hydrogens (tertiary/aromatic N) is 1. The molecule has 0 aliphatic heterocycles. The summed E-state index contributed by atoms with van der Waals surface area (Å²) in [6.07, 6.45) is 2.13. The Balaban J connectivity index is 0.00000529. The number of guanidine groups is 1. The van der Waals surface area contributed by atoms with E-state index in [1.54, 1.807) is 0 Å². The third-order valence-electron chi connectivity index (χ3n) is 3.49. The Morgan fingerprint density at radius 1 is 1.12 bits per heavy atom. The van der Waals surface area contributed by atoms with Crippen molar-refractivity contribution in [3.8, 4) is 0 Å². The Labute approximate surface area is 168 Å². The van der Waals surface area contributed by atoms with Gasteiger partial charge in [0.2, 0.25) is 0 Å². The first-order chi connectivity index (χ1) is 11.0. The van der Waals surface area contributed by atoms with Gasteiger partial charge in [-0.1, -0.05) is 24.3 Å². The first-order valence-electron chi connectivity index (χ1n) is 8.23. The molecule has 138 valence electrons. The number of halogens is 1. The number of hydrogen-bond acceptors (Lipinski definition) is 3. The molecule has 1 aromatic rings. The average molecular weight is 465 g/mol. The summed E-state index contributed by atoms with van der Waals surface area (Å²) in [5.74, 6) is 0.869. The van der Waals surface area contributed by atoms with E-state index in [1.807, 2.05) is 18.7 Å². The normalized spacial score (nSPS) is 11.8. The predicted octanol–water partition coefficient (Wildman–Crippen LogP) is 4.04. The van der Waals surface area contributed by atoms with Crippen molar-refractivity contribution in [1.82, 2.24) is 10.6 Å². The first-order valence-corrected chi connectivity index (χ1v) is 9.46. The molecule has 0 amide bonds. The van der Waals surface area contributed by atoms with Crippen LogP contribution in [0.2, 0.25) is 0 Å². The molecule has 0 unspecified atom stereocenters. The number of ether oxygens (including phenoxy) is 1. The van der Waals surface area contributed by atoms with Crippen molar-refractivity contribution in [3.05, 3.63) is 35.4 Å². The van der Waals surface area contributed by atoms with Gasteiger partial charge in [-0.25, -0.2) is 4.99 Å². The number of nitrogens with one attached hydrogen (secondary N) is 2. The smallest absolute Gasteiger partial charge is 0.191 e. The molecule has 0 radical (unpaired) electrons. The van der Waals surface area contributed by atoms with Gasteiger partial charge in [0.25, 0.3) is 0 Å². The highest BCUT2D eigenvalue weighted by molar-refractivity contribution is 14.0. The second-order valence-electron chi connectivity index (χ2n) is 5.97. The number of rotatable bonds is 9. The van der Waals surface area contributed by atoms with Crippen molar-refractivity contribution in [3.63, 3.8) is 0 Å². The van der Waals surface area contributed by atoms with Crippen LogP contribution in [-0.4, -0.2) is 36.7 Å². The van der Waals surface area contributed by atoms with Crippen molar-refractivity contribution in [2.75, 3.05) is 26.0 Å². The van der Waals surface area contributed by atoms with Gasteiger partial charge in [0.05, 0.1) is 13.2 Å². The predicted molar refractivity (Wildman–Crippen MR) is 118 cm³/mol. The summed E-state index contributed by atoms with van der Waals surface area (Å²) in [5.41, 5.74) is 2.40. The minimum absolute atomic E-state index is 0. The van der Waals surface area contributed by atoms with Gasteiger partial charge in [0.15, 0.2) is 5.96 Å². The largest absolute Gasteiger partial charge is 0.377 e. The minimum atomic E-state index is 0. The summed E-state index contributed by atoms with van der Waals surface area (Å²) >= 11 is 1.85. The molecule has 24 heavy (non-hydrogen) atoms. The van der Waals surface area contributed by atoms with Crippen LogP contribution in [0, 0.1) is 0 Å². The monoisotopic (exact) mass is 465 g/mol. The zero-order chi connectivity index (χ0) is 17.1. The van der Waals surface area contributed by atoms with Gasteiger partial charge in [-0.2, -0.15) is 11.8 Å². The van der Waals surface area contributed by atoms with Crippen molar-refractivity contribution < 1.29 is 4.74 Å². The van der Waals surface area contributed by atoms with E-state index in [0.717, 1.165) is 25.7 Å². The number of aliphatic imine (C=N–C) groups is 1. The fraction of sp³-hybridized carbons (Fsp3) is 0.611. The molecular formula is C18H32IN3OS. The molecule has 1 rings (SSSR count). The molecule has 0 bridgehead atoms. The van der Waals surface area contributed by atoms with E-state index >= 15 is 0 Å². The van der Waals surface area contributed by atoms with E-state index in [4.69, 9.17) is 4.74 Å². The van der Waals surface area contributed by atoms with E-state index in [1.165, 1.54) is 11.1 Å². The summed E-state index contributed by atoms with van der Waals surface area (Å²) in [5, 5.41) is 6.72. The molecule has 0 aromatic heterocycles. The van der Waals surface area contributed by atoms with Crippen molar-refractivity contribution in [2.45, 2.75) is 45.6 Å². The lowest BCUT2D eigenvalue weighted by Crippen LogP contribution is -2.43. The first kappa shape index (κ1) is 23.5.